The van der Waals surface area contributed by atoms with E-state index in [9.17, 15) is 14.9 Å². The number of carboxylic acids is 1. The highest BCUT2D eigenvalue weighted by atomic mass is 16.6. The fourth-order valence-electron chi connectivity index (χ4n) is 2.01. The first-order chi connectivity index (χ1) is 9.52. The van der Waals surface area contributed by atoms with E-state index < -0.39 is 10.9 Å². The third-order valence-electron chi connectivity index (χ3n) is 2.93. The number of aliphatic carboxylic acids is 1. The monoisotopic (exact) mass is 278 g/mol. The number of aromatic nitrogens is 2. The van der Waals surface area contributed by atoms with Gasteiger partial charge in [0.2, 0.25) is 5.65 Å². The standard InChI is InChI=1S/C12H14N4O4/c1-2-14(8-11(17)18)7-9-12(16(19)20)15-6-4-3-5-10(15)13-9/h3-6H,2,7-8H2,1H3,(H,17,18). The number of nitrogens with zero attached hydrogens (tertiary/aromatic N) is 4. The quantitative estimate of drug-likeness (QED) is 0.628. The van der Waals surface area contributed by atoms with Crippen LogP contribution in [0.2, 0.25) is 0 Å². The highest BCUT2D eigenvalue weighted by molar-refractivity contribution is 5.69. The number of pyridine rings is 1. The molecule has 0 atom stereocenters. The Labute approximate surface area is 114 Å². The molecule has 106 valence electrons. The van der Waals surface area contributed by atoms with E-state index >= 15 is 0 Å². The SMILES string of the molecule is CCN(CC(=O)O)Cc1nc2ccccn2c1[N+](=O)[O-]. The minimum atomic E-state index is -0.974. The molecule has 2 heterocycles. The van der Waals surface area contributed by atoms with Crippen LogP contribution < -0.4 is 0 Å². The number of fused-ring (bicyclic) bond motifs is 1. The van der Waals surface area contributed by atoms with Crippen molar-refractivity contribution >= 4 is 17.4 Å². The van der Waals surface area contributed by atoms with Crippen LogP contribution in [0.1, 0.15) is 12.6 Å². The van der Waals surface area contributed by atoms with E-state index in [1.165, 1.54) is 4.40 Å². The van der Waals surface area contributed by atoms with Gasteiger partial charge in [-0.2, -0.15) is 4.40 Å². The van der Waals surface area contributed by atoms with E-state index in [0.29, 0.717) is 12.2 Å². The second-order valence-electron chi connectivity index (χ2n) is 4.27. The van der Waals surface area contributed by atoms with Crippen LogP contribution >= 0.6 is 0 Å². The maximum Gasteiger partial charge on any atom is 0.352 e. The lowest BCUT2D eigenvalue weighted by Crippen LogP contribution is -2.29. The van der Waals surface area contributed by atoms with Gasteiger partial charge in [0, 0.05) is 12.6 Å². The lowest BCUT2D eigenvalue weighted by Gasteiger charge is -2.15. The Morgan fingerprint density at radius 2 is 2.30 bits per heavy atom. The van der Waals surface area contributed by atoms with Crippen molar-refractivity contribution in [1.29, 1.82) is 0 Å². The van der Waals surface area contributed by atoms with Crippen molar-refractivity contribution in [2.75, 3.05) is 13.1 Å². The van der Waals surface area contributed by atoms with Gasteiger partial charge in [-0.25, -0.2) is 4.98 Å². The van der Waals surface area contributed by atoms with Crippen molar-refractivity contribution in [3.05, 3.63) is 40.2 Å². The smallest absolute Gasteiger partial charge is 0.352 e. The predicted octanol–water partition coefficient (Wildman–Crippen LogP) is 1.15. The molecule has 0 aliphatic carbocycles. The number of hydrogen-bond acceptors (Lipinski definition) is 5. The van der Waals surface area contributed by atoms with E-state index in [0.717, 1.165) is 0 Å². The van der Waals surface area contributed by atoms with E-state index in [2.05, 4.69) is 4.98 Å². The zero-order valence-electron chi connectivity index (χ0n) is 10.9. The molecular formula is C12H14N4O4. The molecule has 2 aromatic rings. The normalized spacial score (nSPS) is 11.1. The fourth-order valence-corrected chi connectivity index (χ4v) is 2.01. The number of hydrogen-bond donors (Lipinski definition) is 1. The molecule has 0 unspecified atom stereocenters. The third kappa shape index (κ3) is 2.75. The van der Waals surface area contributed by atoms with Crippen LogP contribution in [0.15, 0.2) is 24.4 Å². The van der Waals surface area contributed by atoms with Crippen LogP contribution in [0.3, 0.4) is 0 Å². The molecule has 0 amide bonds. The Bertz CT molecular complexity index is 652. The molecule has 8 nitrogen and oxygen atoms in total. The van der Waals surface area contributed by atoms with Crippen LogP contribution in [-0.2, 0) is 11.3 Å². The predicted molar refractivity (Wildman–Crippen MR) is 70.4 cm³/mol. The van der Waals surface area contributed by atoms with Crippen molar-refractivity contribution in [3.63, 3.8) is 0 Å². The molecule has 0 aliphatic rings. The Morgan fingerprint density at radius 3 is 2.90 bits per heavy atom. The van der Waals surface area contributed by atoms with Gasteiger partial charge in [-0.3, -0.25) is 9.69 Å². The van der Waals surface area contributed by atoms with Crippen LogP contribution in [-0.4, -0.2) is 43.4 Å². The molecule has 2 rings (SSSR count). The van der Waals surface area contributed by atoms with Crippen molar-refractivity contribution in [1.82, 2.24) is 14.3 Å². The first-order valence-electron chi connectivity index (χ1n) is 6.07. The highest BCUT2D eigenvalue weighted by Gasteiger charge is 2.24. The van der Waals surface area contributed by atoms with Crippen LogP contribution in [0.4, 0.5) is 5.82 Å². The number of nitro groups is 1. The summed E-state index contributed by atoms with van der Waals surface area (Å²) in [5.41, 5.74) is 0.741. The number of carbonyl (C=O) groups is 1. The van der Waals surface area contributed by atoms with Gasteiger partial charge in [-0.1, -0.05) is 13.0 Å². The second kappa shape index (κ2) is 5.66. The molecule has 0 spiro atoms. The van der Waals surface area contributed by atoms with Crippen LogP contribution in [0, 0.1) is 10.1 Å². The number of rotatable bonds is 6. The maximum atomic E-state index is 11.2. The Balaban J connectivity index is 2.40. The fraction of sp³-hybridized carbons (Fsp3) is 0.333. The zero-order chi connectivity index (χ0) is 14.7. The molecule has 8 heteroatoms. The minimum Gasteiger partial charge on any atom is -0.480 e. The van der Waals surface area contributed by atoms with Gasteiger partial charge in [-0.05, 0) is 17.5 Å². The molecule has 0 saturated carbocycles. The lowest BCUT2D eigenvalue weighted by molar-refractivity contribution is -0.391. The van der Waals surface area contributed by atoms with Crippen molar-refractivity contribution in [2.45, 2.75) is 13.5 Å². The number of imidazole rings is 1. The van der Waals surface area contributed by atoms with E-state index in [1.807, 2.05) is 0 Å². The summed E-state index contributed by atoms with van der Waals surface area (Å²) in [5, 5.41) is 20.0. The Hall–Kier alpha value is -2.48. The first-order valence-corrected chi connectivity index (χ1v) is 6.07. The molecule has 0 aromatic carbocycles. The molecule has 2 aromatic heterocycles. The van der Waals surface area contributed by atoms with Crippen molar-refractivity contribution in [2.24, 2.45) is 0 Å². The summed E-state index contributed by atoms with van der Waals surface area (Å²) < 4.78 is 1.39. The summed E-state index contributed by atoms with van der Waals surface area (Å²) in [5.74, 6) is -1.09. The van der Waals surface area contributed by atoms with Crippen molar-refractivity contribution < 1.29 is 14.8 Å². The average molecular weight is 278 g/mol. The molecule has 20 heavy (non-hydrogen) atoms. The molecule has 0 aliphatic heterocycles. The van der Waals surface area contributed by atoms with Gasteiger partial charge < -0.3 is 15.2 Å². The molecule has 0 saturated heterocycles. The minimum absolute atomic E-state index is 0.121. The molecule has 0 bridgehead atoms. The Kier molecular flexibility index (Phi) is 3.94. The Morgan fingerprint density at radius 1 is 1.55 bits per heavy atom. The number of carboxylic acid groups (broad SMARTS) is 1. The van der Waals surface area contributed by atoms with Gasteiger partial charge in [0.1, 0.15) is 0 Å². The summed E-state index contributed by atoms with van der Waals surface area (Å²) in [6.45, 7) is 2.21. The summed E-state index contributed by atoms with van der Waals surface area (Å²) in [7, 11) is 0. The van der Waals surface area contributed by atoms with Crippen LogP contribution in [0.5, 0.6) is 0 Å². The molecule has 0 fully saturated rings. The lowest BCUT2D eigenvalue weighted by atomic mass is 10.3. The van der Waals surface area contributed by atoms with Gasteiger partial charge in [0.05, 0.1) is 12.7 Å². The average Bonchev–Trinajstić information content (AvgIpc) is 2.75. The van der Waals surface area contributed by atoms with E-state index in [1.54, 1.807) is 36.2 Å². The van der Waals surface area contributed by atoms with Gasteiger partial charge in [0.25, 0.3) is 0 Å². The summed E-state index contributed by atoms with van der Waals surface area (Å²) in [6.07, 6.45) is 1.57. The molecule has 1 N–H and O–H groups in total. The van der Waals surface area contributed by atoms with Gasteiger partial charge >= 0.3 is 11.8 Å². The van der Waals surface area contributed by atoms with Crippen LogP contribution in [0.25, 0.3) is 5.65 Å². The maximum absolute atomic E-state index is 11.2. The van der Waals surface area contributed by atoms with Gasteiger partial charge in [0.15, 0.2) is 5.69 Å². The van der Waals surface area contributed by atoms with E-state index in [4.69, 9.17) is 5.11 Å². The van der Waals surface area contributed by atoms with Crippen molar-refractivity contribution in [3.8, 4) is 0 Å². The summed E-state index contributed by atoms with van der Waals surface area (Å²) >= 11 is 0. The topological polar surface area (TPSA) is 101 Å². The summed E-state index contributed by atoms with van der Waals surface area (Å²) in [4.78, 5) is 27.2. The van der Waals surface area contributed by atoms with E-state index in [-0.39, 0.29) is 24.6 Å². The van der Waals surface area contributed by atoms with Gasteiger partial charge in [-0.15, -0.1) is 0 Å². The molecule has 0 radical (unpaired) electrons. The molecular weight excluding hydrogens is 264 g/mol. The summed E-state index contributed by atoms with van der Waals surface area (Å²) in [6, 6.07) is 5.09. The second-order valence-corrected chi connectivity index (χ2v) is 4.27. The largest absolute Gasteiger partial charge is 0.480 e. The third-order valence-corrected chi connectivity index (χ3v) is 2.93. The zero-order valence-corrected chi connectivity index (χ0v) is 10.9. The first kappa shape index (κ1) is 13.9. The highest BCUT2D eigenvalue weighted by Crippen LogP contribution is 2.21. The number of likely N-dealkylation sites (N-methyl/N-ethyl adjacent to an activating group) is 1.